The summed E-state index contributed by atoms with van der Waals surface area (Å²) >= 11 is 0. The zero-order valence-corrected chi connectivity index (χ0v) is 13.1. The van der Waals surface area contributed by atoms with E-state index in [2.05, 4.69) is 4.98 Å². The number of benzene rings is 1. The molecule has 1 aromatic carbocycles. The van der Waals surface area contributed by atoms with Crippen molar-refractivity contribution in [3.63, 3.8) is 0 Å². The number of nitrogens with zero attached hydrogens (tertiary/aromatic N) is 3. The van der Waals surface area contributed by atoms with Gasteiger partial charge < -0.3 is 14.4 Å². The molecule has 1 unspecified atom stereocenters. The first-order valence-corrected chi connectivity index (χ1v) is 7.73. The third kappa shape index (κ3) is 4.02. The molecule has 1 aromatic heterocycles. The summed E-state index contributed by atoms with van der Waals surface area (Å²) in [5.74, 6) is 0.457. The first-order chi connectivity index (χ1) is 11.7. The second kappa shape index (κ2) is 7.47. The van der Waals surface area contributed by atoms with Crippen molar-refractivity contribution in [3.05, 3.63) is 59.8 Å². The van der Waals surface area contributed by atoms with E-state index >= 15 is 0 Å². The number of hydrogen-bond acceptors (Lipinski definition) is 5. The Morgan fingerprint density at radius 1 is 1.29 bits per heavy atom. The standard InChI is InChI=1S/C18H17N3O3/c19-10-15-6-7-17(20-11-15)24-16-8-9-21(12-16)18(22)23-13-14-4-2-1-3-5-14/h1-7,11,16H,8-9,12-13H2. The molecular formula is C18H17N3O3. The maximum Gasteiger partial charge on any atom is 0.410 e. The molecule has 1 atom stereocenters. The predicted molar refractivity (Wildman–Crippen MR) is 86.2 cm³/mol. The molecule has 3 rings (SSSR count). The molecule has 2 aromatic rings. The van der Waals surface area contributed by atoms with Gasteiger partial charge in [-0.25, -0.2) is 9.78 Å². The fourth-order valence-corrected chi connectivity index (χ4v) is 2.49. The summed E-state index contributed by atoms with van der Waals surface area (Å²) in [6.45, 7) is 1.32. The molecule has 6 nitrogen and oxygen atoms in total. The Morgan fingerprint density at radius 2 is 2.12 bits per heavy atom. The van der Waals surface area contributed by atoms with Gasteiger partial charge >= 0.3 is 6.09 Å². The molecule has 122 valence electrons. The van der Waals surface area contributed by atoms with Crippen LogP contribution in [0.25, 0.3) is 0 Å². The van der Waals surface area contributed by atoms with Crippen LogP contribution in [0.15, 0.2) is 48.7 Å². The van der Waals surface area contributed by atoms with Crippen LogP contribution in [0.2, 0.25) is 0 Å². The number of amides is 1. The third-order valence-corrected chi connectivity index (χ3v) is 3.76. The molecule has 2 heterocycles. The molecule has 0 spiro atoms. The Balaban J connectivity index is 1.47. The Labute approximate surface area is 140 Å². The highest BCUT2D eigenvalue weighted by atomic mass is 16.6. The summed E-state index contributed by atoms with van der Waals surface area (Å²) in [7, 11) is 0. The van der Waals surface area contributed by atoms with Gasteiger partial charge in [0.05, 0.1) is 12.1 Å². The Bertz CT molecular complexity index is 725. The smallest absolute Gasteiger partial charge is 0.410 e. The van der Waals surface area contributed by atoms with Crippen molar-refractivity contribution >= 4 is 6.09 Å². The number of carbonyl (C=O) groups is 1. The van der Waals surface area contributed by atoms with E-state index in [0.29, 0.717) is 24.5 Å². The third-order valence-electron chi connectivity index (χ3n) is 3.76. The van der Waals surface area contributed by atoms with E-state index in [1.807, 2.05) is 36.4 Å². The van der Waals surface area contributed by atoms with Crippen molar-refractivity contribution in [2.45, 2.75) is 19.1 Å². The normalized spacial score (nSPS) is 16.5. The molecule has 6 heteroatoms. The van der Waals surface area contributed by atoms with Crippen molar-refractivity contribution in [1.29, 1.82) is 5.26 Å². The van der Waals surface area contributed by atoms with Gasteiger partial charge in [-0.2, -0.15) is 5.26 Å². The lowest BCUT2D eigenvalue weighted by Crippen LogP contribution is -2.31. The van der Waals surface area contributed by atoms with E-state index in [9.17, 15) is 4.79 Å². The van der Waals surface area contributed by atoms with Crippen LogP contribution in [0.1, 0.15) is 17.5 Å². The average Bonchev–Trinajstić information content (AvgIpc) is 3.10. The van der Waals surface area contributed by atoms with Gasteiger partial charge in [0.1, 0.15) is 18.8 Å². The molecule has 24 heavy (non-hydrogen) atoms. The SMILES string of the molecule is N#Cc1ccc(OC2CCN(C(=O)OCc3ccccc3)C2)nc1. The highest BCUT2D eigenvalue weighted by molar-refractivity contribution is 5.68. The minimum absolute atomic E-state index is 0.116. The molecule has 0 N–H and O–H groups in total. The summed E-state index contributed by atoms with van der Waals surface area (Å²) in [6.07, 6.45) is 1.74. The van der Waals surface area contributed by atoms with Gasteiger partial charge in [-0.1, -0.05) is 30.3 Å². The second-order valence-corrected chi connectivity index (χ2v) is 5.51. The van der Waals surface area contributed by atoms with Crippen molar-refractivity contribution in [2.24, 2.45) is 0 Å². The van der Waals surface area contributed by atoms with E-state index in [0.717, 1.165) is 12.0 Å². The van der Waals surface area contributed by atoms with Gasteiger partial charge in [-0.15, -0.1) is 0 Å². The quantitative estimate of drug-likeness (QED) is 0.865. The summed E-state index contributed by atoms with van der Waals surface area (Å²) < 4.78 is 11.1. The van der Waals surface area contributed by atoms with Crippen molar-refractivity contribution in [1.82, 2.24) is 9.88 Å². The van der Waals surface area contributed by atoms with Crippen molar-refractivity contribution in [3.8, 4) is 11.9 Å². The van der Waals surface area contributed by atoms with Crippen LogP contribution in [-0.2, 0) is 11.3 Å². The van der Waals surface area contributed by atoms with Gasteiger partial charge in [0.2, 0.25) is 5.88 Å². The van der Waals surface area contributed by atoms with E-state index < -0.39 is 0 Å². The summed E-state index contributed by atoms with van der Waals surface area (Å²) in [5.41, 5.74) is 1.44. The van der Waals surface area contributed by atoms with E-state index in [1.54, 1.807) is 17.0 Å². The molecule has 1 aliphatic rings. The van der Waals surface area contributed by atoms with Gasteiger partial charge in [0, 0.05) is 25.2 Å². The Kier molecular flexibility index (Phi) is 4.92. The minimum atomic E-state index is -0.335. The lowest BCUT2D eigenvalue weighted by Gasteiger charge is -2.16. The Hall–Kier alpha value is -3.07. The number of ether oxygens (including phenoxy) is 2. The van der Waals surface area contributed by atoms with E-state index in [1.165, 1.54) is 6.20 Å². The molecule has 1 amide bonds. The van der Waals surface area contributed by atoms with Crippen LogP contribution in [0, 0.1) is 11.3 Å². The molecule has 1 fully saturated rings. The van der Waals surface area contributed by atoms with Crippen molar-refractivity contribution < 1.29 is 14.3 Å². The lowest BCUT2D eigenvalue weighted by molar-refractivity contribution is 0.0988. The number of pyridine rings is 1. The van der Waals surface area contributed by atoms with Gasteiger partial charge in [-0.3, -0.25) is 0 Å². The van der Waals surface area contributed by atoms with Crippen LogP contribution >= 0.6 is 0 Å². The number of likely N-dealkylation sites (tertiary alicyclic amines) is 1. The topological polar surface area (TPSA) is 75.5 Å². The number of aromatic nitrogens is 1. The first kappa shape index (κ1) is 15.8. The largest absolute Gasteiger partial charge is 0.472 e. The summed E-state index contributed by atoms with van der Waals surface area (Å²) in [5, 5.41) is 8.75. The van der Waals surface area contributed by atoms with Gasteiger partial charge in [0.15, 0.2) is 0 Å². The molecule has 0 saturated carbocycles. The number of rotatable bonds is 4. The summed E-state index contributed by atoms with van der Waals surface area (Å²) in [4.78, 5) is 17.8. The summed E-state index contributed by atoms with van der Waals surface area (Å²) in [6, 6.07) is 14.9. The molecule has 1 aliphatic heterocycles. The number of carbonyl (C=O) groups excluding carboxylic acids is 1. The second-order valence-electron chi connectivity index (χ2n) is 5.51. The van der Waals surface area contributed by atoms with Gasteiger partial charge in [-0.05, 0) is 11.6 Å². The number of hydrogen-bond donors (Lipinski definition) is 0. The first-order valence-electron chi connectivity index (χ1n) is 7.73. The van der Waals surface area contributed by atoms with Crippen LogP contribution in [-0.4, -0.2) is 35.2 Å². The Morgan fingerprint density at radius 3 is 2.83 bits per heavy atom. The minimum Gasteiger partial charge on any atom is -0.472 e. The fourth-order valence-electron chi connectivity index (χ4n) is 2.49. The van der Waals surface area contributed by atoms with Gasteiger partial charge in [0.25, 0.3) is 0 Å². The van der Waals surface area contributed by atoms with Crippen LogP contribution in [0.4, 0.5) is 4.79 Å². The number of nitriles is 1. The monoisotopic (exact) mass is 323 g/mol. The zero-order valence-electron chi connectivity index (χ0n) is 13.1. The van der Waals surface area contributed by atoms with E-state index in [4.69, 9.17) is 14.7 Å². The lowest BCUT2D eigenvalue weighted by atomic mass is 10.2. The van der Waals surface area contributed by atoms with E-state index in [-0.39, 0.29) is 18.8 Å². The molecule has 0 radical (unpaired) electrons. The predicted octanol–water partition coefficient (Wildman–Crippen LogP) is 2.74. The zero-order chi connectivity index (χ0) is 16.8. The van der Waals surface area contributed by atoms with Crippen LogP contribution in [0.5, 0.6) is 5.88 Å². The average molecular weight is 323 g/mol. The van der Waals surface area contributed by atoms with Crippen LogP contribution in [0.3, 0.4) is 0 Å². The molecule has 0 bridgehead atoms. The molecule has 0 aliphatic carbocycles. The maximum atomic E-state index is 12.1. The maximum absolute atomic E-state index is 12.1. The molecule has 1 saturated heterocycles. The van der Waals surface area contributed by atoms with Crippen LogP contribution < -0.4 is 4.74 Å². The highest BCUT2D eigenvalue weighted by Gasteiger charge is 2.28. The van der Waals surface area contributed by atoms with Crippen molar-refractivity contribution in [2.75, 3.05) is 13.1 Å². The fraction of sp³-hybridized carbons (Fsp3) is 0.278. The molecular weight excluding hydrogens is 306 g/mol. The highest BCUT2D eigenvalue weighted by Crippen LogP contribution is 2.17.